The van der Waals surface area contributed by atoms with E-state index in [1.807, 2.05) is 0 Å². The molecule has 0 aliphatic rings. The van der Waals surface area contributed by atoms with Gasteiger partial charge in [0.1, 0.15) is 5.69 Å². The molecule has 66 valence electrons. The Bertz CT molecular complexity index is 516. The second kappa shape index (κ2) is 2.58. The van der Waals surface area contributed by atoms with Crippen LogP contribution in [0.15, 0.2) is 30.5 Å². The molecule has 0 bridgehead atoms. The van der Waals surface area contributed by atoms with Gasteiger partial charge in [-0.3, -0.25) is 0 Å². The second-order valence-corrected chi connectivity index (χ2v) is 2.90. The summed E-state index contributed by atoms with van der Waals surface area (Å²) >= 11 is 0. The molecule has 0 aliphatic heterocycles. The van der Waals surface area contributed by atoms with E-state index in [1.165, 1.54) is 6.20 Å². The molecule has 1 heterocycles. The first-order chi connectivity index (χ1) is 6.20. The minimum absolute atomic E-state index is 0.454. The lowest BCUT2D eigenvalue weighted by molar-refractivity contribution is -0.465. The Morgan fingerprint density at radius 1 is 1.38 bits per heavy atom. The Labute approximate surface area is 74.2 Å². The van der Waals surface area contributed by atoms with Crippen molar-refractivity contribution in [3.05, 3.63) is 41.1 Å². The van der Waals surface area contributed by atoms with E-state index in [1.54, 1.807) is 31.2 Å². The Balaban J connectivity index is 3.06. The van der Waals surface area contributed by atoms with E-state index in [0.717, 1.165) is 9.16 Å². The van der Waals surface area contributed by atoms with Gasteiger partial charge < -0.3 is 5.21 Å². The minimum Gasteiger partial charge on any atom is -0.428 e. The maximum atomic E-state index is 11.3. The van der Waals surface area contributed by atoms with Crippen LogP contribution in [0.5, 0.6) is 0 Å². The van der Waals surface area contributed by atoms with Gasteiger partial charge in [0.05, 0.1) is 4.43 Å². The lowest BCUT2D eigenvalue weighted by Crippen LogP contribution is -2.19. The normalized spacial score (nSPS) is 10.5. The van der Waals surface area contributed by atoms with Gasteiger partial charge in [-0.25, -0.2) is 0 Å². The zero-order valence-electron chi connectivity index (χ0n) is 7.14. The van der Waals surface area contributed by atoms with Crippen molar-refractivity contribution >= 4 is 11.0 Å². The van der Waals surface area contributed by atoms with Crippen molar-refractivity contribution in [3.8, 4) is 0 Å². The number of fused-ring (bicyclic) bond motifs is 1. The number of hydrogen-bond acceptors (Lipinski definition) is 2. The van der Waals surface area contributed by atoms with Crippen LogP contribution in [0.2, 0.25) is 0 Å². The Hall–Kier alpha value is -1.84. The van der Waals surface area contributed by atoms with Gasteiger partial charge in [-0.15, -0.1) is 0 Å². The third-order valence-electron chi connectivity index (χ3n) is 1.99. The monoisotopic (exact) mass is 177 g/mol. The molecular formula is C9H9N2O2+. The molecule has 0 unspecified atom stereocenters. The molecule has 0 saturated heterocycles. The van der Waals surface area contributed by atoms with Crippen molar-refractivity contribution in [1.82, 2.24) is 4.73 Å². The number of aryl methyl sites for hydroxylation is 1. The molecule has 0 aliphatic carbocycles. The molecule has 4 nitrogen and oxygen atoms in total. The lowest BCUT2D eigenvalue weighted by atomic mass is 10.3. The highest BCUT2D eigenvalue weighted by Crippen LogP contribution is 2.08. The molecule has 0 spiro atoms. The summed E-state index contributed by atoms with van der Waals surface area (Å²) in [6.45, 7) is 1.67. The summed E-state index contributed by atoms with van der Waals surface area (Å²) in [5, 5.41) is 9.55. The molecule has 0 fully saturated rings. The highest BCUT2D eigenvalue weighted by molar-refractivity contribution is 5.70. The maximum Gasteiger partial charge on any atom is 0.289 e. The van der Waals surface area contributed by atoms with E-state index >= 15 is 0 Å². The van der Waals surface area contributed by atoms with Crippen molar-refractivity contribution in [2.24, 2.45) is 0 Å². The van der Waals surface area contributed by atoms with Crippen LogP contribution in [0.1, 0.15) is 5.69 Å². The van der Waals surface area contributed by atoms with Crippen LogP contribution in [0, 0.1) is 11.8 Å². The van der Waals surface area contributed by atoms with Crippen LogP contribution in [0.25, 0.3) is 11.0 Å². The van der Waals surface area contributed by atoms with Crippen LogP contribution in [0.4, 0.5) is 0 Å². The minimum atomic E-state index is 0.454. The van der Waals surface area contributed by atoms with E-state index in [-0.39, 0.29) is 0 Å². The molecule has 1 aromatic carbocycles. The van der Waals surface area contributed by atoms with Crippen LogP contribution in [-0.2, 0) is 0 Å². The Morgan fingerprint density at radius 2 is 2.08 bits per heavy atom. The predicted molar refractivity (Wildman–Crippen MR) is 47.2 cm³/mol. The van der Waals surface area contributed by atoms with E-state index in [2.05, 4.69) is 0 Å². The number of benzene rings is 1. The highest BCUT2D eigenvalue weighted by atomic mass is 16.5. The Morgan fingerprint density at radius 3 is 2.85 bits per heavy atom. The van der Waals surface area contributed by atoms with Crippen LogP contribution in [-0.4, -0.2) is 9.94 Å². The molecular weight excluding hydrogens is 168 g/mol. The molecule has 2 aromatic rings. The molecule has 4 heteroatoms. The van der Waals surface area contributed by atoms with Crippen molar-refractivity contribution in [2.45, 2.75) is 6.92 Å². The zero-order chi connectivity index (χ0) is 9.42. The predicted octanol–water partition coefficient (Wildman–Crippen LogP) is 1.10. The van der Waals surface area contributed by atoms with E-state index in [0.29, 0.717) is 16.7 Å². The topological polar surface area (TPSA) is 48.1 Å². The number of hydrogen-bond donors (Lipinski definition) is 1. The molecule has 13 heavy (non-hydrogen) atoms. The highest BCUT2D eigenvalue weighted by Gasteiger charge is 2.10. The summed E-state index contributed by atoms with van der Waals surface area (Å²) in [5.74, 6) is 0. The van der Waals surface area contributed by atoms with Crippen LogP contribution >= 0.6 is 0 Å². The van der Waals surface area contributed by atoms with Gasteiger partial charge in [-0.2, -0.15) is 4.73 Å². The maximum absolute atomic E-state index is 11.3. The summed E-state index contributed by atoms with van der Waals surface area (Å²) in [6.07, 6.45) is 1.34. The molecule has 1 aromatic heterocycles. The van der Waals surface area contributed by atoms with Crippen molar-refractivity contribution in [1.29, 1.82) is 0 Å². The molecule has 0 saturated carbocycles. The molecule has 2 rings (SSSR count). The fourth-order valence-electron chi connectivity index (χ4n) is 1.31. The zero-order valence-corrected chi connectivity index (χ0v) is 7.14. The fourth-order valence-corrected chi connectivity index (χ4v) is 1.31. The number of rotatable bonds is 0. The molecule has 0 radical (unpaired) electrons. The van der Waals surface area contributed by atoms with Crippen LogP contribution < -0.4 is 4.43 Å². The van der Waals surface area contributed by atoms with E-state index in [9.17, 15) is 10.1 Å². The van der Waals surface area contributed by atoms with Gasteiger partial charge in [0.2, 0.25) is 0 Å². The van der Waals surface area contributed by atoms with Gasteiger partial charge in [-0.1, -0.05) is 12.1 Å². The molecule has 0 amide bonds. The quantitative estimate of drug-likeness (QED) is 0.484. The number of para-hydroxylation sites is 2. The smallest absolute Gasteiger partial charge is 0.289 e. The van der Waals surface area contributed by atoms with Crippen molar-refractivity contribution in [3.63, 3.8) is 0 Å². The average Bonchev–Trinajstić information content (AvgIpc) is 2.15. The standard InChI is InChI=1S/C9H9N2O2/c1-7-6-10(12)8-4-2-3-5-9(8)11(7)13/h2-6,13H,1H3/q+1. The van der Waals surface area contributed by atoms with E-state index in [4.69, 9.17) is 0 Å². The lowest BCUT2D eigenvalue weighted by Gasteiger charge is -2.00. The van der Waals surface area contributed by atoms with Gasteiger partial charge in [-0.05, 0) is 13.0 Å². The summed E-state index contributed by atoms with van der Waals surface area (Å²) in [7, 11) is 0. The van der Waals surface area contributed by atoms with Crippen molar-refractivity contribution < 1.29 is 9.63 Å². The molecule has 1 N–H and O–H groups in total. The summed E-state index contributed by atoms with van der Waals surface area (Å²) in [5.41, 5.74) is 1.47. The average molecular weight is 177 g/mol. The van der Waals surface area contributed by atoms with Gasteiger partial charge >= 0.3 is 0 Å². The first-order valence-electron chi connectivity index (χ1n) is 3.93. The third kappa shape index (κ3) is 1.07. The number of aromatic nitrogens is 2. The van der Waals surface area contributed by atoms with Gasteiger partial charge in [0.25, 0.3) is 11.7 Å². The third-order valence-corrected chi connectivity index (χ3v) is 1.99. The van der Waals surface area contributed by atoms with Crippen molar-refractivity contribution in [2.75, 3.05) is 0 Å². The first-order valence-corrected chi connectivity index (χ1v) is 3.93. The largest absolute Gasteiger partial charge is 0.428 e. The van der Waals surface area contributed by atoms with Gasteiger partial charge in [0.15, 0.2) is 5.52 Å². The number of nitrogens with zero attached hydrogens (tertiary/aromatic N) is 2. The van der Waals surface area contributed by atoms with E-state index < -0.39 is 0 Å². The summed E-state index contributed by atoms with van der Waals surface area (Å²) < 4.78 is 1.75. The summed E-state index contributed by atoms with van der Waals surface area (Å²) in [4.78, 5) is 11.3. The fraction of sp³-hybridized carbons (Fsp3) is 0.111. The van der Waals surface area contributed by atoms with Crippen LogP contribution in [0.3, 0.4) is 0 Å². The SMILES string of the molecule is Cc1c[n+](=O)c2ccccc2n1O. The Kier molecular flexibility index (Phi) is 1.55. The molecule has 0 atom stereocenters. The second-order valence-electron chi connectivity index (χ2n) is 2.90. The summed E-state index contributed by atoms with van der Waals surface area (Å²) in [6, 6.07) is 6.88. The first kappa shape index (κ1) is 7.79. The van der Waals surface area contributed by atoms with Gasteiger partial charge in [0, 0.05) is 11.0 Å².